The van der Waals surface area contributed by atoms with Crippen LogP contribution < -0.4 is 5.32 Å². The van der Waals surface area contributed by atoms with Crippen molar-refractivity contribution < 1.29 is 9.21 Å². The van der Waals surface area contributed by atoms with Gasteiger partial charge >= 0.3 is 0 Å². The number of carbonyl (C=O) groups is 1. The van der Waals surface area contributed by atoms with Crippen molar-refractivity contribution in [1.29, 1.82) is 0 Å². The third-order valence-electron chi connectivity index (χ3n) is 4.33. The molecule has 1 heterocycles. The second-order valence-corrected chi connectivity index (χ2v) is 7.28. The van der Waals surface area contributed by atoms with E-state index in [2.05, 4.69) is 15.5 Å². The zero-order valence-corrected chi connectivity index (χ0v) is 16.4. The van der Waals surface area contributed by atoms with Crippen LogP contribution in [0.4, 0.5) is 0 Å². The predicted molar refractivity (Wildman–Crippen MR) is 113 cm³/mol. The molecule has 0 aliphatic heterocycles. The Hall–Kier alpha value is -3.38. The van der Waals surface area contributed by atoms with E-state index in [1.165, 1.54) is 11.8 Å². The number of thioether (sulfide) groups is 1. The lowest BCUT2D eigenvalue weighted by Gasteiger charge is -2.19. The molecule has 1 amide bonds. The van der Waals surface area contributed by atoms with Gasteiger partial charge < -0.3 is 9.73 Å². The summed E-state index contributed by atoms with van der Waals surface area (Å²) in [5.41, 5.74) is 2.91. The average Bonchev–Trinajstić information content (AvgIpc) is 3.27. The summed E-state index contributed by atoms with van der Waals surface area (Å²) in [5, 5.41) is 11.6. The molecule has 0 aliphatic carbocycles. The fourth-order valence-electron chi connectivity index (χ4n) is 2.95. The largest absolute Gasteiger partial charge is 0.411 e. The number of aromatic nitrogens is 2. The van der Waals surface area contributed by atoms with Crippen LogP contribution in [0.5, 0.6) is 0 Å². The molecule has 4 rings (SSSR count). The van der Waals surface area contributed by atoms with Gasteiger partial charge in [-0.05, 0) is 23.3 Å². The van der Waals surface area contributed by atoms with Crippen molar-refractivity contribution in [1.82, 2.24) is 15.5 Å². The second-order valence-electron chi connectivity index (χ2n) is 6.35. The minimum atomic E-state index is -0.215. The summed E-state index contributed by atoms with van der Waals surface area (Å²) in [7, 11) is 0. The molecule has 0 fully saturated rings. The average molecular weight is 401 g/mol. The Bertz CT molecular complexity index is 1010. The topological polar surface area (TPSA) is 68.0 Å². The third-order valence-corrected chi connectivity index (χ3v) is 5.14. The van der Waals surface area contributed by atoms with E-state index in [-0.39, 0.29) is 17.7 Å². The lowest BCUT2D eigenvalue weighted by molar-refractivity contribution is -0.119. The van der Waals surface area contributed by atoms with Crippen LogP contribution in [0.3, 0.4) is 0 Å². The minimum absolute atomic E-state index is 0.104. The molecular formula is C23H19N3O2S. The highest BCUT2D eigenvalue weighted by molar-refractivity contribution is 7.99. The Morgan fingerprint density at radius 1 is 0.828 bits per heavy atom. The molecular weight excluding hydrogens is 382 g/mol. The molecule has 0 spiro atoms. The molecule has 0 aliphatic rings. The predicted octanol–water partition coefficient (Wildman–Crippen LogP) is 4.73. The van der Waals surface area contributed by atoms with Crippen LogP contribution in [0.15, 0.2) is 101 Å². The van der Waals surface area contributed by atoms with E-state index < -0.39 is 0 Å². The van der Waals surface area contributed by atoms with Gasteiger partial charge in [0.1, 0.15) is 0 Å². The van der Waals surface area contributed by atoms with Crippen molar-refractivity contribution >= 4 is 17.7 Å². The van der Waals surface area contributed by atoms with Crippen LogP contribution in [0.25, 0.3) is 11.5 Å². The molecule has 0 unspecified atom stereocenters. The van der Waals surface area contributed by atoms with Crippen LogP contribution in [0.1, 0.15) is 17.2 Å². The van der Waals surface area contributed by atoms with Crippen molar-refractivity contribution in [2.75, 3.05) is 5.75 Å². The summed E-state index contributed by atoms with van der Waals surface area (Å²) >= 11 is 1.22. The number of nitrogens with one attached hydrogen (secondary N) is 1. The number of amides is 1. The summed E-state index contributed by atoms with van der Waals surface area (Å²) in [6.07, 6.45) is 0. The van der Waals surface area contributed by atoms with Gasteiger partial charge in [0.15, 0.2) is 0 Å². The highest BCUT2D eigenvalue weighted by Gasteiger charge is 2.17. The standard InChI is InChI=1S/C23H19N3O2S/c27-20(16-29-23-26-25-22(28-23)19-14-8-3-9-15-19)24-21(17-10-4-1-5-11-17)18-12-6-2-7-13-18/h1-15,21H,16H2,(H,24,27). The molecule has 144 valence electrons. The number of nitrogens with zero attached hydrogens (tertiary/aromatic N) is 2. The number of carbonyl (C=O) groups excluding carboxylic acids is 1. The first kappa shape index (κ1) is 19.0. The minimum Gasteiger partial charge on any atom is -0.411 e. The number of hydrogen-bond acceptors (Lipinski definition) is 5. The maximum absolute atomic E-state index is 12.6. The van der Waals surface area contributed by atoms with E-state index in [0.717, 1.165) is 16.7 Å². The molecule has 0 saturated carbocycles. The fraction of sp³-hybridized carbons (Fsp3) is 0.0870. The van der Waals surface area contributed by atoms with E-state index in [9.17, 15) is 4.79 Å². The Morgan fingerprint density at radius 2 is 1.38 bits per heavy atom. The van der Waals surface area contributed by atoms with E-state index in [0.29, 0.717) is 11.1 Å². The summed E-state index contributed by atoms with van der Waals surface area (Å²) in [5.74, 6) is 0.527. The SMILES string of the molecule is O=C(CSc1nnc(-c2ccccc2)o1)NC(c1ccccc1)c1ccccc1. The Morgan fingerprint density at radius 3 is 1.97 bits per heavy atom. The normalized spacial score (nSPS) is 10.8. The van der Waals surface area contributed by atoms with Gasteiger partial charge in [-0.1, -0.05) is 90.6 Å². The van der Waals surface area contributed by atoms with E-state index >= 15 is 0 Å². The van der Waals surface area contributed by atoms with Gasteiger partial charge in [-0.2, -0.15) is 0 Å². The first-order valence-electron chi connectivity index (χ1n) is 9.20. The highest BCUT2D eigenvalue weighted by atomic mass is 32.2. The van der Waals surface area contributed by atoms with Gasteiger partial charge in [0.25, 0.3) is 5.22 Å². The molecule has 1 aromatic heterocycles. The van der Waals surface area contributed by atoms with Crippen LogP contribution in [0, 0.1) is 0 Å². The monoisotopic (exact) mass is 401 g/mol. The fourth-order valence-corrected chi connectivity index (χ4v) is 3.52. The maximum Gasteiger partial charge on any atom is 0.277 e. The third kappa shape index (κ3) is 4.92. The van der Waals surface area contributed by atoms with Crippen molar-refractivity contribution in [2.45, 2.75) is 11.3 Å². The van der Waals surface area contributed by atoms with E-state index in [1.54, 1.807) is 0 Å². The number of hydrogen-bond donors (Lipinski definition) is 1. The first-order valence-corrected chi connectivity index (χ1v) is 10.2. The Balaban J connectivity index is 1.42. The van der Waals surface area contributed by atoms with Crippen LogP contribution in [-0.2, 0) is 4.79 Å². The zero-order chi connectivity index (χ0) is 19.9. The van der Waals surface area contributed by atoms with Crippen molar-refractivity contribution in [3.63, 3.8) is 0 Å². The number of benzene rings is 3. The van der Waals surface area contributed by atoms with Gasteiger partial charge in [0.2, 0.25) is 11.8 Å². The van der Waals surface area contributed by atoms with E-state index in [1.807, 2.05) is 91.0 Å². The molecule has 1 N–H and O–H groups in total. The first-order chi connectivity index (χ1) is 14.3. The molecule has 0 saturated heterocycles. The summed E-state index contributed by atoms with van der Waals surface area (Å²) in [6, 6.07) is 29.2. The van der Waals surface area contributed by atoms with Crippen molar-refractivity contribution in [3.8, 4) is 11.5 Å². The molecule has 5 nitrogen and oxygen atoms in total. The maximum atomic E-state index is 12.6. The molecule has 6 heteroatoms. The molecule has 4 aromatic rings. The second kappa shape index (κ2) is 9.21. The highest BCUT2D eigenvalue weighted by Crippen LogP contribution is 2.24. The smallest absolute Gasteiger partial charge is 0.277 e. The lowest BCUT2D eigenvalue weighted by atomic mass is 9.99. The van der Waals surface area contributed by atoms with Crippen molar-refractivity contribution in [2.24, 2.45) is 0 Å². The zero-order valence-electron chi connectivity index (χ0n) is 15.6. The molecule has 0 atom stereocenters. The van der Waals surface area contributed by atoms with Crippen molar-refractivity contribution in [3.05, 3.63) is 102 Å². The van der Waals surface area contributed by atoms with Gasteiger partial charge in [0, 0.05) is 5.56 Å². The quantitative estimate of drug-likeness (QED) is 0.453. The van der Waals surface area contributed by atoms with Crippen LogP contribution in [0.2, 0.25) is 0 Å². The molecule has 29 heavy (non-hydrogen) atoms. The molecule has 3 aromatic carbocycles. The molecule has 0 bridgehead atoms. The lowest BCUT2D eigenvalue weighted by Crippen LogP contribution is -2.30. The summed E-state index contributed by atoms with van der Waals surface area (Å²) in [4.78, 5) is 12.6. The van der Waals surface area contributed by atoms with Gasteiger partial charge in [-0.15, -0.1) is 10.2 Å². The molecule has 0 radical (unpaired) electrons. The summed E-state index contributed by atoms with van der Waals surface area (Å²) in [6.45, 7) is 0. The van der Waals surface area contributed by atoms with Crippen LogP contribution >= 0.6 is 11.8 Å². The Labute approximate surface area is 173 Å². The van der Waals surface area contributed by atoms with E-state index in [4.69, 9.17) is 4.42 Å². The van der Waals surface area contributed by atoms with Gasteiger partial charge in [-0.25, -0.2) is 0 Å². The Kier molecular flexibility index (Phi) is 6.02. The van der Waals surface area contributed by atoms with Crippen LogP contribution in [-0.4, -0.2) is 21.9 Å². The summed E-state index contributed by atoms with van der Waals surface area (Å²) < 4.78 is 5.66. The number of rotatable bonds is 7. The van der Waals surface area contributed by atoms with Gasteiger partial charge in [-0.3, -0.25) is 4.79 Å². The van der Waals surface area contributed by atoms with Gasteiger partial charge in [0.05, 0.1) is 11.8 Å².